The average molecular weight is 323 g/mol. The van der Waals surface area contributed by atoms with Crippen LogP contribution in [0.3, 0.4) is 0 Å². The predicted molar refractivity (Wildman–Crippen MR) is 105 cm³/mol. The zero-order valence-corrected chi connectivity index (χ0v) is 13.6. The van der Waals surface area contributed by atoms with Gasteiger partial charge in [-0.15, -0.1) is 0 Å². The molecule has 3 rings (SSSR count). The number of anilines is 4. The van der Waals surface area contributed by atoms with Crippen LogP contribution in [-0.2, 0) is 6.54 Å². The summed E-state index contributed by atoms with van der Waals surface area (Å²) in [5.41, 5.74) is 31.0. The summed E-state index contributed by atoms with van der Waals surface area (Å²) < 4.78 is 0. The fourth-order valence-electron chi connectivity index (χ4n) is 1.67. The third kappa shape index (κ3) is 8.31. The Morgan fingerprint density at radius 1 is 0.500 bits per heavy atom. The van der Waals surface area contributed by atoms with Gasteiger partial charge in [-0.1, -0.05) is 36.4 Å². The fraction of sp³-hybridized carbons (Fsp3) is 0.0526. The Balaban J connectivity index is 0.000000180. The second-order valence-corrected chi connectivity index (χ2v) is 5.03. The standard InChI is InChI=1S/C7H9N.2C6H8N2/c8-6-7-4-2-1-3-5-7;7-5-1-2-6(8)4-3-5;7-5-2-1-3-6(8)4-5/h1-5H,6,8H2;2*1-4H,7-8H2. The Kier molecular flexibility index (Phi) is 8.28. The Morgan fingerprint density at radius 2 is 0.958 bits per heavy atom. The summed E-state index contributed by atoms with van der Waals surface area (Å²) in [6, 6.07) is 24.2. The smallest absolute Gasteiger partial charge is 0.0334 e. The first-order chi connectivity index (χ1) is 11.5. The fourth-order valence-corrected chi connectivity index (χ4v) is 1.67. The first-order valence-corrected chi connectivity index (χ1v) is 7.47. The third-order valence-electron chi connectivity index (χ3n) is 2.93. The molecule has 5 nitrogen and oxygen atoms in total. The minimum atomic E-state index is 0.640. The van der Waals surface area contributed by atoms with E-state index in [1.165, 1.54) is 5.56 Å². The molecule has 24 heavy (non-hydrogen) atoms. The van der Waals surface area contributed by atoms with Gasteiger partial charge in [-0.05, 0) is 48.0 Å². The van der Waals surface area contributed by atoms with Crippen LogP contribution in [0.2, 0.25) is 0 Å². The lowest BCUT2D eigenvalue weighted by atomic mass is 10.2. The molecule has 126 valence electrons. The van der Waals surface area contributed by atoms with Gasteiger partial charge in [0, 0.05) is 29.3 Å². The van der Waals surface area contributed by atoms with Gasteiger partial charge in [-0.3, -0.25) is 0 Å². The number of rotatable bonds is 1. The van der Waals surface area contributed by atoms with E-state index in [0.717, 1.165) is 11.4 Å². The number of nitrogens with two attached hydrogens (primary N) is 5. The number of hydrogen-bond donors (Lipinski definition) is 5. The lowest BCUT2D eigenvalue weighted by Gasteiger charge is -1.91. The highest BCUT2D eigenvalue weighted by Crippen LogP contribution is 2.06. The molecule has 0 heterocycles. The molecule has 3 aromatic rings. The molecule has 0 spiro atoms. The van der Waals surface area contributed by atoms with Gasteiger partial charge in [0.05, 0.1) is 0 Å². The van der Waals surface area contributed by atoms with Crippen LogP contribution in [0.25, 0.3) is 0 Å². The van der Waals surface area contributed by atoms with Gasteiger partial charge >= 0.3 is 0 Å². The first kappa shape index (κ1) is 18.9. The van der Waals surface area contributed by atoms with Crippen molar-refractivity contribution in [2.24, 2.45) is 5.73 Å². The molecule has 0 saturated carbocycles. The van der Waals surface area contributed by atoms with Crippen LogP contribution in [0.15, 0.2) is 78.9 Å². The van der Waals surface area contributed by atoms with E-state index < -0.39 is 0 Å². The van der Waals surface area contributed by atoms with Crippen LogP contribution < -0.4 is 28.7 Å². The summed E-state index contributed by atoms with van der Waals surface area (Å²) in [6.45, 7) is 0.640. The molecule has 10 N–H and O–H groups in total. The van der Waals surface area contributed by atoms with Gasteiger partial charge in [0.15, 0.2) is 0 Å². The summed E-state index contributed by atoms with van der Waals surface area (Å²) >= 11 is 0. The van der Waals surface area contributed by atoms with E-state index in [0.29, 0.717) is 17.9 Å². The molecule has 0 atom stereocenters. The van der Waals surface area contributed by atoms with Gasteiger partial charge < -0.3 is 28.7 Å². The molecular formula is C19H25N5. The van der Waals surface area contributed by atoms with E-state index in [1.807, 2.05) is 36.4 Å². The number of nitrogen functional groups attached to an aromatic ring is 4. The predicted octanol–water partition coefficient (Wildman–Crippen LogP) is 2.85. The lowest BCUT2D eigenvalue weighted by molar-refractivity contribution is 1.07. The molecule has 0 aliphatic carbocycles. The van der Waals surface area contributed by atoms with Gasteiger partial charge in [-0.25, -0.2) is 0 Å². The van der Waals surface area contributed by atoms with E-state index in [9.17, 15) is 0 Å². The molecule has 0 aliphatic rings. The van der Waals surface area contributed by atoms with Gasteiger partial charge in [0.2, 0.25) is 0 Å². The molecular weight excluding hydrogens is 298 g/mol. The summed E-state index contributed by atoms with van der Waals surface area (Å²) in [4.78, 5) is 0. The lowest BCUT2D eigenvalue weighted by Crippen LogP contribution is -1.94. The maximum Gasteiger partial charge on any atom is 0.0334 e. The SMILES string of the molecule is NCc1ccccc1.Nc1ccc(N)cc1.Nc1cccc(N)c1. The van der Waals surface area contributed by atoms with Crippen LogP contribution in [0.1, 0.15) is 5.56 Å². The van der Waals surface area contributed by atoms with E-state index in [-0.39, 0.29) is 0 Å². The Labute approximate surface area is 143 Å². The topological polar surface area (TPSA) is 130 Å². The summed E-state index contributed by atoms with van der Waals surface area (Å²) in [5, 5.41) is 0. The van der Waals surface area contributed by atoms with Crippen LogP contribution in [0.4, 0.5) is 22.7 Å². The first-order valence-electron chi connectivity index (χ1n) is 7.47. The highest BCUT2D eigenvalue weighted by molar-refractivity contribution is 5.50. The van der Waals surface area contributed by atoms with Crippen molar-refractivity contribution in [1.82, 2.24) is 0 Å². The summed E-state index contributed by atoms with van der Waals surface area (Å²) in [5.74, 6) is 0. The molecule has 0 aromatic heterocycles. The van der Waals surface area contributed by atoms with Crippen molar-refractivity contribution in [2.45, 2.75) is 6.54 Å². The highest BCUT2D eigenvalue weighted by Gasteiger charge is 1.82. The Hall–Kier alpha value is -3.18. The molecule has 0 saturated heterocycles. The van der Waals surface area contributed by atoms with Crippen LogP contribution in [0.5, 0.6) is 0 Å². The molecule has 0 fully saturated rings. The zero-order valence-electron chi connectivity index (χ0n) is 13.6. The van der Waals surface area contributed by atoms with E-state index in [2.05, 4.69) is 0 Å². The molecule has 0 aliphatic heterocycles. The number of hydrogen-bond acceptors (Lipinski definition) is 5. The van der Waals surface area contributed by atoms with Crippen molar-refractivity contribution in [3.63, 3.8) is 0 Å². The van der Waals surface area contributed by atoms with Crippen molar-refractivity contribution < 1.29 is 0 Å². The quantitative estimate of drug-likeness (QED) is 0.440. The van der Waals surface area contributed by atoms with Gasteiger partial charge in [0.25, 0.3) is 0 Å². The Bertz CT molecular complexity index is 658. The molecule has 0 amide bonds. The summed E-state index contributed by atoms with van der Waals surface area (Å²) in [6.07, 6.45) is 0. The molecule has 3 aromatic carbocycles. The molecule has 0 unspecified atom stereocenters. The maximum absolute atomic E-state index is 5.38. The minimum Gasteiger partial charge on any atom is -0.399 e. The van der Waals surface area contributed by atoms with Crippen molar-refractivity contribution in [3.8, 4) is 0 Å². The summed E-state index contributed by atoms with van der Waals surface area (Å²) in [7, 11) is 0. The van der Waals surface area contributed by atoms with Crippen molar-refractivity contribution in [3.05, 3.63) is 84.4 Å². The normalized spacial score (nSPS) is 9.04. The largest absolute Gasteiger partial charge is 0.399 e. The van der Waals surface area contributed by atoms with Gasteiger partial charge in [-0.2, -0.15) is 0 Å². The van der Waals surface area contributed by atoms with Crippen LogP contribution in [0, 0.1) is 0 Å². The second kappa shape index (κ2) is 10.5. The zero-order chi connectivity index (χ0) is 17.8. The maximum atomic E-state index is 5.38. The highest BCUT2D eigenvalue weighted by atomic mass is 14.6. The van der Waals surface area contributed by atoms with E-state index in [4.69, 9.17) is 28.7 Å². The second-order valence-electron chi connectivity index (χ2n) is 5.03. The average Bonchev–Trinajstić information content (AvgIpc) is 2.59. The van der Waals surface area contributed by atoms with Crippen molar-refractivity contribution in [2.75, 3.05) is 22.9 Å². The molecule has 5 heteroatoms. The van der Waals surface area contributed by atoms with Crippen molar-refractivity contribution in [1.29, 1.82) is 0 Å². The van der Waals surface area contributed by atoms with Crippen LogP contribution in [-0.4, -0.2) is 0 Å². The Morgan fingerprint density at radius 3 is 1.25 bits per heavy atom. The van der Waals surface area contributed by atoms with E-state index >= 15 is 0 Å². The third-order valence-corrected chi connectivity index (χ3v) is 2.93. The monoisotopic (exact) mass is 323 g/mol. The van der Waals surface area contributed by atoms with E-state index in [1.54, 1.807) is 42.5 Å². The van der Waals surface area contributed by atoms with Crippen molar-refractivity contribution >= 4 is 22.7 Å². The minimum absolute atomic E-state index is 0.640. The molecule has 0 bridgehead atoms. The molecule has 0 radical (unpaired) electrons. The van der Waals surface area contributed by atoms with Crippen LogP contribution >= 0.6 is 0 Å². The number of benzene rings is 3. The van der Waals surface area contributed by atoms with Gasteiger partial charge in [0.1, 0.15) is 0 Å².